The summed E-state index contributed by atoms with van der Waals surface area (Å²) < 4.78 is 19.4. The van der Waals surface area contributed by atoms with Gasteiger partial charge in [0, 0.05) is 24.4 Å². The maximum absolute atomic E-state index is 13.6. The number of aromatic nitrogens is 2. The number of rotatable bonds is 14. The first-order valence-corrected chi connectivity index (χ1v) is 17.6. The summed E-state index contributed by atoms with van der Waals surface area (Å²) in [4.78, 5) is 38.1. The zero-order chi connectivity index (χ0) is 34.3. The summed E-state index contributed by atoms with van der Waals surface area (Å²) >= 11 is 0. The van der Waals surface area contributed by atoms with Crippen molar-refractivity contribution in [2.75, 3.05) is 26.9 Å². The van der Waals surface area contributed by atoms with E-state index in [1.54, 1.807) is 17.7 Å². The lowest BCUT2D eigenvalue weighted by Gasteiger charge is -2.20. The largest absolute Gasteiger partial charge is 0.494 e. The lowest BCUT2D eigenvalue weighted by molar-refractivity contribution is 0.0774. The second-order valence-electron chi connectivity index (χ2n) is 12.8. The molecule has 50 heavy (non-hydrogen) atoms. The quantitative estimate of drug-likeness (QED) is 0.111. The zero-order valence-corrected chi connectivity index (χ0v) is 28.4. The summed E-state index contributed by atoms with van der Waals surface area (Å²) in [6.07, 6.45) is 10.1. The monoisotopic (exact) mass is 670 g/mol. The number of para-hydroxylation sites is 1. The number of hydrogen-bond donors (Lipinski definition) is 0. The van der Waals surface area contributed by atoms with Crippen molar-refractivity contribution in [3.05, 3.63) is 107 Å². The Balaban J connectivity index is 0.853. The van der Waals surface area contributed by atoms with Gasteiger partial charge in [0.25, 0.3) is 11.5 Å². The highest BCUT2D eigenvalue weighted by atomic mass is 16.5. The van der Waals surface area contributed by atoms with Crippen LogP contribution in [0.1, 0.15) is 61.7 Å². The van der Waals surface area contributed by atoms with Gasteiger partial charge >= 0.3 is 0 Å². The van der Waals surface area contributed by atoms with Crippen LogP contribution in [0.3, 0.4) is 0 Å². The van der Waals surface area contributed by atoms with Gasteiger partial charge in [0.15, 0.2) is 11.5 Å². The Morgan fingerprint density at radius 2 is 1.50 bits per heavy atom. The van der Waals surface area contributed by atoms with E-state index in [1.807, 2.05) is 96.0 Å². The molecule has 7 rings (SSSR count). The van der Waals surface area contributed by atoms with Crippen molar-refractivity contribution in [3.63, 3.8) is 0 Å². The summed E-state index contributed by atoms with van der Waals surface area (Å²) in [6, 6.07) is 28.6. The minimum absolute atomic E-state index is 0.0125. The minimum Gasteiger partial charge on any atom is -0.494 e. The van der Waals surface area contributed by atoms with Crippen LogP contribution in [0.4, 0.5) is 5.69 Å². The predicted octanol–water partition coefficient (Wildman–Crippen LogP) is 8.18. The van der Waals surface area contributed by atoms with Crippen molar-refractivity contribution in [2.45, 2.75) is 57.4 Å². The van der Waals surface area contributed by atoms with E-state index in [9.17, 15) is 9.59 Å². The highest BCUT2D eigenvalue weighted by Gasteiger charge is 2.32. The van der Waals surface area contributed by atoms with E-state index >= 15 is 0 Å². The summed E-state index contributed by atoms with van der Waals surface area (Å²) in [5.74, 6) is 2.59. The molecule has 1 fully saturated rings. The van der Waals surface area contributed by atoms with Crippen LogP contribution >= 0.6 is 0 Å². The number of nitrogens with zero attached hydrogens (tertiary/aromatic N) is 4. The first kappa shape index (κ1) is 33.1. The number of carbonyl (C=O) groups is 1. The lowest BCUT2D eigenvalue weighted by Crippen LogP contribution is -2.35. The van der Waals surface area contributed by atoms with Gasteiger partial charge in [-0.3, -0.25) is 19.1 Å². The van der Waals surface area contributed by atoms with Gasteiger partial charge in [-0.1, -0.05) is 68.1 Å². The molecule has 1 aromatic heterocycles. The molecule has 0 unspecified atom stereocenters. The third-order valence-electron chi connectivity index (χ3n) is 9.43. The molecule has 9 nitrogen and oxygen atoms in total. The molecule has 0 bridgehead atoms. The lowest BCUT2D eigenvalue weighted by atomic mass is 10.1. The van der Waals surface area contributed by atoms with Gasteiger partial charge in [0.1, 0.15) is 11.6 Å². The molecule has 0 spiro atoms. The van der Waals surface area contributed by atoms with Gasteiger partial charge in [0.05, 0.1) is 54.2 Å². The Bertz CT molecular complexity index is 2040. The molecule has 1 amide bonds. The second kappa shape index (κ2) is 15.4. The Kier molecular flexibility index (Phi) is 10.2. The number of fused-ring (bicyclic) bond motifs is 3. The van der Waals surface area contributed by atoms with E-state index < -0.39 is 0 Å². The van der Waals surface area contributed by atoms with Crippen LogP contribution in [0.15, 0.2) is 101 Å². The molecule has 1 saturated heterocycles. The molecule has 5 aromatic rings. The molecular formula is C41H42N4O5. The van der Waals surface area contributed by atoms with Crippen LogP contribution in [0.5, 0.6) is 17.2 Å². The van der Waals surface area contributed by atoms with E-state index in [0.29, 0.717) is 52.7 Å². The molecule has 256 valence electrons. The normalized spacial score (nSPS) is 15.1. The Labute approximate surface area is 292 Å². The maximum atomic E-state index is 13.6. The molecule has 4 aromatic carbocycles. The van der Waals surface area contributed by atoms with Gasteiger partial charge in [-0.05, 0) is 68.1 Å². The predicted molar refractivity (Wildman–Crippen MR) is 197 cm³/mol. The van der Waals surface area contributed by atoms with E-state index in [2.05, 4.69) is 4.99 Å². The van der Waals surface area contributed by atoms with E-state index in [-0.39, 0.29) is 17.5 Å². The van der Waals surface area contributed by atoms with Crippen LogP contribution in [0, 0.1) is 0 Å². The summed E-state index contributed by atoms with van der Waals surface area (Å²) in [5.41, 5.74) is 3.42. The fourth-order valence-electron chi connectivity index (χ4n) is 6.75. The molecule has 0 radical (unpaired) electrons. The molecule has 1 atom stereocenters. The first-order chi connectivity index (χ1) is 24.6. The Morgan fingerprint density at radius 1 is 0.780 bits per heavy atom. The summed E-state index contributed by atoms with van der Waals surface area (Å²) in [6.45, 7) is 1.98. The molecule has 0 saturated carbocycles. The van der Waals surface area contributed by atoms with Crippen molar-refractivity contribution < 1.29 is 19.0 Å². The number of amides is 1. The van der Waals surface area contributed by atoms with E-state index in [4.69, 9.17) is 19.2 Å². The topological polar surface area (TPSA) is 95.2 Å². The number of hydrogen-bond acceptors (Lipinski definition) is 7. The number of methoxy groups -OCH3 is 1. The average Bonchev–Trinajstić information content (AvgIpc) is 3.59. The van der Waals surface area contributed by atoms with Crippen molar-refractivity contribution in [3.8, 4) is 34.3 Å². The molecule has 2 aliphatic rings. The highest BCUT2D eigenvalue weighted by molar-refractivity contribution is 6.03. The molecule has 0 aliphatic carbocycles. The van der Waals surface area contributed by atoms with Crippen molar-refractivity contribution in [1.29, 1.82) is 0 Å². The maximum Gasteiger partial charge on any atom is 0.266 e. The molecule has 2 aliphatic heterocycles. The number of unbranched alkanes of at least 4 members (excludes halogenated alkanes) is 5. The Hall–Kier alpha value is -5.44. The third-order valence-corrected chi connectivity index (χ3v) is 9.43. The standard InChI is InChI=1S/C41H42N4O5/c1-48-37-26-34-36(42-28-31-16-13-23-44(31)40(34)46)27-38(37)50-25-12-5-3-2-4-11-24-49-32-21-19-30(20-22-32)45-39(29-14-7-6-8-15-29)43-35-18-10-9-17-33(35)41(45)47/h6-10,14-15,17-22,26-28,31H,2-5,11-13,16,23-25H2,1H3/t31-/m0/s1. The fraction of sp³-hybridized carbons (Fsp3) is 0.317. The summed E-state index contributed by atoms with van der Waals surface area (Å²) in [5, 5.41) is 0.583. The number of carbonyl (C=O) groups excluding carboxylic acids is 1. The van der Waals surface area contributed by atoms with Gasteiger partial charge in [-0.15, -0.1) is 0 Å². The fourth-order valence-corrected chi connectivity index (χ4v) is 6.75. The number of aliphatic imine (C=N–C) groups is 1. The third kappa shape index (κ3) is 7.13. The molecular weight excluding hydrogens is 628 g/mol. The van der Waals surface area contributed by atoms with Crippen LogP contribution < -0.4 is 19.8 Å². The van der Waals surface area contributed by atoms with E-state index in [1.165, 1.54) is 0 Å². The van der Waals surface area contributed by atoms with Crippen molar-refractivity contribution >= 4 is 28.7 Å². The SMILES string of the molecule is COc1cc2c(cc1OCCCCCCCCOc1ccc(-n3c(-c4ccccc4)nc4ccccc4c3=O)cc1)N=C[C@@H]1CCCN1C2=O. The van der Waals surface area contributed by atoms with Crippen LogP contribution in [0.2, 0.25) is 0 Å². The average molecular weight is 671 g/mol. The van der Waals surface area contributed by atoms with Crippen LogP contribution in [-0.2, 0) is 0 Å². The van der Waals surface area contributed by atoms with Gasteiger partial charge < -0.3 is 19.1 Å². The zero-order valence-electron chi connectivity index (χ0n) is 28.4. The molecule has 3 heterocycles. The van der Waals surface area contributed by atoms with Gasteiger partial charge in [0.2, 0.25) is 0 Å². The summed E-state index contributed by atoms with van der Waals surface area (Å²) in [7, 11) is 1.60. The first-order valence-electron chi connectivity index (χ1n) is 17.6. The van der Waals surface area contributed by atoms with E-state index in [0.717, 1.165) is 74.9 Å². The van der Waals surface area contributed by atoms with Crippen molar-refractivity contribution in [2.24, 2.45) is 4.99 Å². The smallest absolute Gasteiger partial charge is 0.266 e. The van der Waals surface area contributed by atoms with Gasteiger partial charge in [-0.2, -0.15) is 0 Å². The Morgan fingerprint density at radius 3 is 2.28 bits per heavy atom. The number of ether oxygens (including phenoxy) is 3. The van der Waals surface area contributed by atoms with Gasteiger partial charge in [-0.25, -0.2) is 4.98 Å². The molecule has 9 heteroatoms. The highest BCUT2D eigenvalue weighted by Crippen LogP contribution is 2.38. The minimum atomic E-state index is -0.101. The van der Waals surface area contributed by atoms with Crippen molar-refractivity contribution in [1.82, 2.24) is 14.5 Å². The second-order valence-corrected chi connectivity index (χ2v) is 12.8. The van der Waals surface area contributed by atoms with Crippen LogP contribution in [0.25, 0.3) is 28.0 Å². The number of benzene rings is 4. The van der Waals surface area contributed by atoms with Crippen LogP contribution in [-0.4, -0.2) is 59.5 Å². The molecule has 0 N–H and O–H groups in total.